The maximum Gasteiger partial charge on any atom is 0.253 e. The molecule has 0 aliphatic carbocycles. The van der Waals surface area contributed by atoms with Gasteiger partial charge in [0, 0.05) is 18.7 Å². The number of carbonyl (C=O) groups excluding carboxylic acids is 1. The number of pyridine rings is 1. The molecule has 3 aromatic rings. The van der Waals surface area contributed by atoms with Gasteiger partial charge in [-0.3, -0.25) is 14.5 Å². The molecule has 1 saturated heterocycles. The molecule has 1 amide bonds. The molecule has 9 nitrogen and oxygen atoms in total. The number of alkyl halides is 1. The van der Waals surface area contributed by atoms with E-state index < -0.39 is 39.3 Å². The van der Waals surface area contributed by atoms with Crippen LogP contribution in [0, 0.1) is 0 Å². The number of sulfone groups is 1. The zero-order chi connectivity index (χ0) is 25.8. The number of rotatable bonds is 7. The van der Waals surface area contributed by atoms with Gasteiger partial charge in [-0.25, -0.2) is 12.8 Å². The highest BCUT2D eigenvalue weighted by molar-refractivity contribution is 7.93. The predicted molar refractivity (Wildman–Crippen MR) is 130 cm³/mol. The van der Waals surface area contributed by atoms with E-state index in [0.29, 0.717) is 28.0 Å². The number of nitrogens with one attached hydrogen (secondary N) is 1. The van der Waals surface area contributed by atoms with E-state index in [-0.39, 0.29) is 17.1 Å². The van der Waals surface area contributed by atoms with Crippen molar-refractivity contribution in [2.24, 2.45) is 0 Å². The molecule has 1 unspecified atom stereocenters. The minimum absolute atomic E-state index is 0.116. The third-order valence-corrected chi connectivity index (χ3v) is 8.25. The monoisotopic (exact) mass is 504 g/mol. The van der Waals surface area contributed by atoms with E-state index >= 15 is 0 Å². The molecule has 11 heteroatoms. The van der Waals surface area contributed by atoms with E-state index in [2.05, 4.69) is 10.3 Å². The number of amides is 1. The standard InChI is InChI=1S/C24H29FN4O5S/c1-14(23(3,4)31)29-19-10-17(22(30)27-24(5)12-35(32,33)13-24)11-26-21(19)20(28-29)16-7-6-8-18(9-16)34-15(2)25/h6-11,14-15,31H,12-13H2,1-5H3,(H,27,30)/t14-,15?/m1/s1. The summed E-state index contributed by atoms with van der Waals surface area (Å²) in [6.45, 7) is 8.08. The molecule has 0 spiro atoms. The second-order valence-corrected chi connectivity index (χ2v) is 12.0. The summed E-state index contributed by atoms with van der Waals surface area (Å²) in [6, 6.07) is 7.92. The van der Waals surface area contributed by atoms with Crippen LogP contribution in [0.1, 0.15) is 51.0 Å². The normalized spacial score (nSPS) is 18.5. The van der Waals surface area contributed by atoms with Crippen molar-refractivity contribution in [2.45, 2.75) is 58.2 Å². The molecule has 0 bridgehead atoms. The van der Waals surface area contributed by atoms with Crippen LogP contribution in [0.3, 0.4) is 0 Å². The predicted octanol–water partition coefficient (Wildman–Crippen LogP) is 3.04. The number of aliphatic hydroxyl groups is 1. The van der Waals surface area contributed by atoms with Gasteiger partial charge in [-0.15, -0.1) is 0 Å². The molecule has 1 aliphatic rings. The van der Waals surface area contributed by atoms with E-state index in [4.69, 9.17) is 9.84 Å². The molecular formula is C24H29FN4O5S. The lowest BCUT2D eigenvalue weighted by Gasteiger charge is -2.38. The van der Waals surface area contributed by atoms with Gasteiger partial charge in [0.05, 0.1) is 39.8 Å². The van der Waals surface area contributed by atoms with Crippen molar-refractivity contribution < 1.29 is 27.4 Å². The first kappa shape index (κ1) is 25.1. The van der Waals surface area contributed by atoms with Gasteiger partial charge in [0.15, 0.2) is 9.84 Å². The van der Waals surface area contributed by atoms with Gasteiger partial charge in [-0.1, -0.05) is 12.1 Å². The fourth-order valence-corrected chi connectivity index (χ4v) is 6.18. The Hall–Kier alpha value is -3.05. The number of benzene rings is 1. The molecule has 1 aromatic carbocycles. The summed E-state index contributed by atoms with van der Waals surface area (Å²) in [5, 5.41) is 18.1. The summed E-state index contributed by atoms with van der Waals surface area (Å²) in [4.78, 5) is 17.4. The maximum absolute atomic E-state index is 13.4. The highest BCUT2D eigenvalue weighted by Gasteiger charge is 2.45. The van der Waals surface area contributed by atoms with Gasteiger partial charge >= 0.3 is 0 Å². The lowest BCUT2D eigenvalue weighted by Crippen LogP contribution is -2.63. The Morgan fingerprint density at radius 2 is 1.97 bits per heavy atom. The van der Waals surface area contributed by atoms with Crippen LogP contribution in [0.25, 0.3) is 22.3 Å². The van der Waals surface area contributed by atoms with Crippen molar-refractivity contribution in [2.75, 3.05) is 11.5 Å². The Kier molecular flexibility index (Phi) is 6.13. The minimum atomic E-state index is -3.13. The molecular weight excluding hydrogens is 475 g/mol. The first-order valence-corrected chi connectivity index (χ1v) is 13.0. The lowest BCUT2D eigenvalue weighted by atomic mass is 10.0. The third kappa shape index (κ3) is 5.15. The van der Waals surface area contributed by atoms with Gasteiger partial charge in [0.2, 0.25) is 6.36 Å². The number of ether oxygens (including phenoxy) is 1. The van der Waals surface area contributed by atoms with E-state index in [1.165, 1.54) is 13.1 Å². The first-order valence-electron chi connectivity index (χ1n) is 11.2. The molecule has 2 N–H and O–H groups in total. The Morgan fingerprint density at radius 1 is 1.29 bits per heavy atom. The summed E-state index contributed by atoms with van der Waals surface area (Å²) in [7, 11) is -3.13. The van der Waals surface area contributed by atoms with E-state index in [1.807, 2.05) is 0 Å². The fourth-order valence-electron chi connectivity index (χ4n) is 4.18. The SMILES string of the molecule is CC(F)Oc1cccc(-c2nn([C@H](C)C(C)(C)O)c3cc(C(=O)NC4(C)CS(=O)(=O)C4)cnc23)c1. The fraction of sp³-hybridized carbons (Fsp3) is 0.458. The van der Waals surface area contributed by atoms with Gasteiger partial charge in [0.25, 0.3) is 5.91 Å². The van der Waals surface area contributed by atoms with Crippen LogP contribution in [0.5, 0.6) is 5.75 Å². The van der Waals surface area contributed by atoms with Gasteiger partial charge in [-0.05, 0) is 45.9 Å². The maximum atomic E-state index is 13.4. The Morgan fingerprint density at radius 3 is 2.57 bits per heavy atom. The van der Waals surface area contributed by atoms with E-state index in [0.717, 1.165) is 0 Å². The van der Waals surface area contributed by atoms with Crippen LogP contribution in [-0.4, -0.2) is 63.2 Å². The third-order valence-electron chi connectivity index (χ3n) is 6.10. The molecule has 2 aromatic heterocycles. The van der Waals surface area contributed by atoms with E-state index in [9.17, 15) is 22.7 Å². The molecule has 0 saturated carbocycles. The van der Waals surface area contributed by atoms with Crippen molar-refractivity contribution >= 4 is 26.8 Å². The molecule has 3 heterocycles. The zero-order valence-corrected chi connectivity index (χ0v) is 21.1. The molecule has 4 rings (SSSR count). The van der Waals surface area contributed by atoms with Crippen molar-refractivity contribution in [3.63, 3.8) is 0 Å². The summed E-state index contributed by atoms with van der Waals surface area (Å²) in [5.41, 5.74) is 0.381. The van der Waals surface area contributed by atoms with Crippen LogP contribution in [0.15, 0.2) is 36.5 Å². The average molecular weight is 505 g/mol. The summed E-state index contributed by atoms with van der Waals surface area (Å²) < 4.78 is 43.3. The van der Waals surface area contributed by atoms with Crippen LogP contribution in [-0.2, 0) is 9.84 Å². The summed E-state index contributed by atoms with van der Waals surface area (Å²) in [5.74, 6) is -0.352. The van der Waals surface area contributed by atoms with E-state index in [1.54, 1.807) is 62.7 Å². The van der Waals surface area contributed by atoms with Gasteiger partial charge in [0.1, 0.15) is 17.0 Å². The van der Waals surface area contributed by atoms with Crippen LogP contribution < -0.4 is 10.1 Å². The van der Waals surface area contributed by atoms with Gasteiger partial charge < -0.3 is 15.2 Å². The molecule has 0 radical (unpaired) electrons. The smallest absolute Gasteiger partial charge is 0.253 e. The zero-order valence-electron chi connectivity index (χ0n) is 20.2. The molecule has 1 aliphatic heterocycles. The van der Waals surface area contributed by atoms with Gasteiger partial charge in [-0.2, -0.15) is 5.10 Å². The summed E-state index contributed by atoms with van der Waals surface area (Å²) in [6.07, 6.45) is -0.0795. The Labute approximate surface area is 203 Å². The number of aromatic nitrogens is 3. The number of hydrogen-bond acceptors (Lipinski definition) is 7. The number of hydrogen-bond donors (Lipinski definition) is 2. The average Bonchev–Trinajstić information content (AvgIpc) is 3.09. The molecule has 188 valence electrons. The van der Waals surface area contributed by atoms with Crippen molar-refractivity contribution in [1.29, 1.82) is 0 Å². The molecule has 1 fully saturated rings. The number of fused-ring (bicyclic) bond motifs is 1. The second-order valence-electron chi connectivity index (χ2n) is 9.95. The number of nitrogens with zero attached hydrogens (tertiary/aromatic N) is 3. The lowest BCUT2D eigenvalue weighted by molar-refractivity contribution is 0.0276. The molecule has 2 atom stereocenters. The summed E-state index contributed by atoms with van der Waals surface area (Å²) >= 11 is 0. The molecule has 35 heavy (non-hydrogen) atoms. The first-order chi connectivity index (χ1) is 16.2. The Bertz CT molecular complexity index is 1380. The van der Waals surface area contributed by atoms with Crippen LogP contribution in [0.2, 0.25) is 0 Å². The highest BCUT2D eigenvalue weighted by atomic mass is 32.2. The van der Waals surface area contributed by atoms with Crippen molar-refractivity contribution in [3.8, 4) is 17.0 Å². The minimum Gasteiger partial charge on any atom is -0.461 e. The Balaban J connectivity index is 1.78. The number of carbonyl (C=O) groups is 1. The topological polar surface area (TPSA) is 123 Å². The van der Waals surface area contributed by atoms with Crippen molar-refractivity contribution in [3.05, 3.63) is 42.1 Å². The highest BCUT2D eigenvalue weighted by Crippen LogP contribution is 2.34. The van der Waals surface area contributed by atoms with Crippen LogP contribution in [0.4, 0.5) is 4.39 Å². The van der Waals surface area contributed by atoms with Crippen LogP contribution >= 0.6 is 0 Å². The van der Waals surface area contributed by atoms with Crippen molar-refractivity contribution in [1.82, 2.24) is 20.1 Å². The quantitative estimate of drug-likeness (QED) is 0.507. The number of halogens is 1. The largest absolute Gasteiger partial charge is 0.461 e. The second kappa shape index (κ2) is 8.56.